The monoisotopic (exact) mass is 453 g/mol. The van der Waals surface area contributed by atoms with E-state index in [1.165, 1.54) is 0 Å². The van der Waals surface area contributed by atoms with Crippen LogP contribution < -0.4 is 20.1 Å². The number of methoxy groups -OCH3 is 2. The van der Waals surface area contributed by atoms with E-state index >= 15 is 0 Å². The predicted octanol–water partition coefficient (Wildman–Crippen LogP) is 3.16. The fraction of sp³-hybridized carbons (Fsp3) is 0.375. The molecule has 2 amide bonds. The summed E-state index contributed by atoms with van der Waals surface area (Å²) in [5, 5.41) is 6.39. The smallest absolute Gasteiger partial charge is 0.257 e. The lowest BCUT2D eigenvalue weighted by Gasteiger charge is -2.39. The van der Waals surface area contributed by atoms with Crippen LogP contribution >= 0.6 is 11.8 Å². The molecule has 1 aliphatic carbocycles. The number of nitrogens with zero attached hydrogens (tertiary/aromatic N) is 1. The first-order valence-electron chi connectivity index (χ1n) is 10.6. The predicted molar refractivity (Wildman–Crippen MR) is 124 cm³/mol. The number of nitrogens with one attached hydrogen (secondary N) is 2. The van der Waals surface area contributed by atoms with Gasteiger partial charge in [-0.05, 0) is 54.7 Å². The number of pyridine rings is 1. The van der Waals surface area contributed by atoms with Gasteiger partial charge in [-0.1, -0.05) is 12.1 Å². The fourth-order valence-corrected chi connectivity index (χ4v) is 5.45. The van der Waals surface area contributed by atoms with Crippen molar-refractivity contribution in [2.24, 2.45) is 5.92 Å². The third-order valence-electron chi connectivity index (χ3n) is 5.87. The number of ether oxygens (including phenoxy) is 2. The van der Waals surface area contributed by atoms with E-state index in [4.69, 9.17) is 9.47 Å². The molecule has 2 N–H and O–H groups in total. The molecule has 1 aliphatic heterocycles. The number of benzene rings is 1. The molecule has 32 heavy (non-hydrogen) atoms. The van der Waals surface area contributed by atoms with Crippen molar-refractivity contribution in [1.82, 2.24) is 15.6 Å². The summed E-state index contributed by atoms with van der Waals surface area (Å²) >= 11 is 1.60. The van der Waals surface area contributed by atoms with E-state index in [-0.39, 0.29) is 29.0 Å². The van der Waals surface area contributed by atoms with E-state index in [2.05, 4.69) is 15.6 Å². The molecule has 1 saturated carbocycles. The van der Waals surface area contributed by atoms with Gasteiger partial charge in [-0.2, -0.15) is 0 Å². The van der Waals surface area contributed by atoms with Crippen LogP contribution in [0.2, 0.25) is 0 Å². The summed E-state index contributed by atoms with van der Waals surface area (Å²) in [6.07, 6.45) is 7.69. The summed E-state index contributed by atoms with van der Waals surface area (Å²) in [7, 11) is 3.18. The maximum Gasteiger partial charge on any atom is 0.257 e. The topological polar surface area (TPSA) is 89.5 Å². The van der Waals surface area contributed by atoms with Gasteiger partial charge < -0.3 is 20.1 Å². The van der Waals surface area contributed by atoms with E-state index in [1.807, 2.05) is 36.4 Å². The van der Waals surface area contributed by atoms with Crippen molar-refractivity contribution in [3.8, 4) is 11.5 Å². The molecular formula is C24H27N3O4S. The standard InChI is InChI=1S/C24H27N3O4S/c1-30-19-7-5-15(10-20(19)31-2)11-22-24(29)27-18-12-17(6-8-21(18)32-22)23(28)26-14-16-4-3-9-25-13-16/h3-5,7,9-11,13,17-18,21H,6,8,12,14H2,1-2H3,(H,26,28)(H,27,29)/b22-11+. The normalized spacial score (nSPS) is 23.8. The van der Waals surface area contributed by atoms with Gasteiger partial charge in [0.05, 0.1) is 19.1 Å². The van der Waals surface area contributed by atoms with Crippen molar-refractivity contribution in [1.29, 1.82) is 0 Å². The summed E-state index contributed by atoms with van der Waals surface area (Å²) in [6, 6.07) is 9.38. The molecule has 168 valence electrons. The highest BCUT2D eigenvalue weighted by Gasteiger charge is 2.39. The summed E-state index contributed by atoms with van der Waals surface area (Å²) in [5.41, 5.74) is 1.85. The number of thioether (sulfide) groups is 1. The Bertz CT molecular complexity index is 1010. The van der Waals surface area contributed by atoms with Crippen molar-refractivity contribution >= 4 is 29.7 Å². The Balaban J connectivity index is 1.37. The van der Waals surface area contributed by atoms with Crippen LogP contribution in [0.4, 0.5) is 0 Å². The molecule has 2 heterocycles. The van der Waals surface area contributed by atoms with E-state index in [1.54, 1.807) is 38.4 Å². The van der Waals surface area contributed by atoms with Crippen LogP contribution in [-0.2, 0) is 16.1 Å². The Morgan fingerprint density at radius 1 is 1.25 bits per heavy atom. The van der Waals surface area contributed by atoms with Gasteiger partial charge in [0.15, 0.2) is 11.5 Å². The second-order valence-corrected chi connectivity index (χ2v) is 9.23. The maximum absolute atomic E-state index is 12.8. The molecule has 4 rings (SSSR count). The highest BCUT2D eigenvalue weighted by atomic mass is 32.2. The average Bonchev–Trinajstić information content (AvgIpc) is 2.83. The van der Waals surface area contributed by atoms with Gasteiger partial charge in [-0.25, -0.2) is 0 Å². The maximum atomic E-state index is 12.8. The highest BCUT2D eigenvalue weighted by Crippen LogP contribution is 2.40. The number of amides is 2. The third-order valence-corrected chi connectivity index (χ3v) is 7.30. The zero-order chi connectivity index (χ0) is 22.5. The number of aromatic nitrogens is 1. The Morgan fingerprint density at radius 2 is 2.09 bits per heavy atom. The second-order valence-electron chi connectivity index (χ2n) is 7.95. The minimum atomic E-state index is -0.0950. The molecule has 8 heteroatoms. The zero-order valence-corrected chi connectivity index (χ0v) is 19.0. The van der Waals surface area contributed by atoms with Gasteiger partial charge in [-0.15, -0.1) is 11.8 Å². The van der Waals surface area contributed by atoms with Gasteiger partial charge >= 0.3 is 0 Å². The summed E-state index contributed by atoms with van der Waals surface area (Å²) in [4.78, 5) is 30.2. The van der Waals surface area contributed by atoms with Crippen molar-refractivity contribution in [3.05, 3.63) is 58.8 Å². The van der Waals surface area contributed by atoms with Crippen LogP contribution in [0.25, 0.3) is 6.08 Å². The Hall–Kier alpha value is -3.00. The molecule has 7 nitrogen and oxygen atoms in total. The number of rotatable bonds is 6. The zero-order valence-electron chi connectivity index (χ0n) is 18.2. The van der Waals surface area contributed by atoms with Gasteiger partial charge in [0.1, 0.15) is 0 Å². The molecule has 2 fully saturated rings. The van der Waals surface area contributed by atoms with Gasteiger partial charge in [-0.3, -0.25) is 14.6 Å². The Morgan fingerprint density at radius 3 is 2.84 bits per heavy atom. The first kappa shape index (κ1) is 22.2. The van der Waals surface area contributed by atoms with Gasteiger partial charge in [0, 0.05) is 36.1 Å². The molecule has 0 radical (unpaired) electrons. The second kappa shape index (κ2) is 10.1. The lowest BCUT2D eigenvalue weighted by molar-refractivity contribution is -0.127. The first-order valence-corrected chi connectivity index (χ1v) is 11.5. The van der Waals surface area contributed by atoms with Crippen LogP contribution in [0, 0.1) is 5.92 Å². The summed E-state index contributed by atoms with van der Waals surface area (Å²) < 4.78 is 10.6. The van der Waals surface area contributed by atoms with Crippen LogP contribution in [0.3, 0.4) is 0 Å². The van der Waals surface area contributed by atoms with Crippen molar-refractivity contribution in [3.63, 3.8) is 0 Å². The first-order chi connectivity index (χ1) is 15.6. The molecule has 3 unspecified atom stereocenters. The van der Waals surface area contributed by atoms with Crippen molar-refractivity contribution in [2.75, 3.05) is 14.2 Å². The Kier molecular flexibility index (Phi) is 6.99. The Labute approximate surface area is 192 Å². The minimum Gasteiger partial charge on any atom is -0.493 e. The van der Waals surface area contributed by atoms with E-state index in [0.29, 0.717) is 29.4 Å². The van der Waals surface area contributed by atoms with Crippen molar-refractivity contribution in [2.45, 2.75) is 37.1 Å². The van der Waals surface area contributed by atoms with Gasteiger partial charge in [0.2, 0.25) is 5.91 Å². The molecule has 2 aliphatic rings. The largest absolute Gasteiger partial charge is 0.493 e. The lowest BCUT2D eigenvalue weighted by Crippen LogP contribution is -2.51. The molecular weight excluding hydrogens is 426 g/mol. The molecule has 3 atom stereocenters. The van der Waals surface area contributed by atoms with Crippen molar-refractivity contribution < 1.29 is 19.1 Å². The SMILES string of the molecule is COc1ccc(/C=C2/SC3CCC(C(=O)NCc4cccnc4)CC3NC2=O)cc1OC. The average molecular weight is 454 g/mol. The highest BCUT2D eigenvalue weighted by molar-refractivity contribution is 8.04. The molecule has 1 aromatic heterocycles. The fourth-order valence-electron chi connectivity index (χ4n) is 4.16. The third kappa shape index (κ3) is 5.07. The van der Waals surface area contributed by atoms with Crippen LogP contribution in [0.5, 0.6) is 11.5 Å². The molecule has 1 saturated heterocycles. The molecule has 1 aromatic carbocycles. The number of hydrogen-bond acceptors (Lipinski definition) is 6. The van der Waals surface area contributed by atoms with Crippen LogP contribution in [-0.4, -0.2) is 42.3 Å². The number of carbonyl (C=O) groups excluding carboxylic acids is 2. The number of fused-ring (bicyclic) bond motifs is 1. The molecule has 0 spiro atoms. The quantitative estimate of drug-likeness (QED) is 0.653. The number of hydrogen-bond donors (Lipinski definition) is 2. The number of carbonyl (C=O) groups is 2. The molecule has 2 aromatic rings. The summed E-state index contributed by atoms with van der Waals surface area (Å²) in [5.74, 6) is 1.13. The lowest BCUT2D eigenvalue weighted by atomic mass is 9.84. The minimum absolute atomic E-state index is 0.00190. The van der Waals surface area contributed by atoms with Gasteiger partial charge in [0.25, 0.3) is 5.91 Å². The molecule has 0 bridgehead atoms. The summed E-state index contributed by atoms with van der Waals surface area (Å²) in [6.45, 7) is 0.469. The van der Waals surface area contributed by atoms with E-state index in [9.17, 15) is 9.59 Å². The van der Waals surface area contributed by atoms with Crippen LogP contribution in [0.15, 0.2) is 47.6 Å². The van der Waals surface area contributed by atoms with E-state index < -0.39 is 0 Å². The van der Waals surface area contributed by atoms with E-state index in [0.717, 1.165) is 24.0 Å². The van der Waals surface area contributed by atoms with Crippen LogP contribution in [0.1, 0.15) is 30.4 Å².